The summed E-state index contributed by atoms with van der Waals surface area (Å²) in [7, 11) is 0. The van der Waals surface area contributed by atoms with Crippen molar-refractivity contribution >= 4 is 11.3 Å². The van der Waals surface area contributed by atoms with Crippen molar-refractivity contribution in [1.82, 2.24) is 4.98 Å². The van der Waals surface area contributed by atoms with Crippen LogP contribution in [0.3, 0.4) is 0 Å². The molecule has 0 aliphatic carbocycles. The van der Waals surface area contributed by atoms with Crippen LogP contribution < -0.4 is 0 Å². The lowest BCUT2D eigenvalue weighted by Gasteiger charge is -2.08. The second kappa shape index (κ2) is 4.27. The Balaban J connectivity index is 2.29. The van der Waals surface area contributed by atoms with Crippen molar-refractivity contribution in [2.24, 2.45) is 0 Å². The molecular weight excluding hydrogens is 212 g/mol. The van der Waals surface area contributed by atoms with Gasteiger partial charge in [-0.25, -0.2) is 0 Å². The number of aromatic amines is 1. The van der Waals surface area contributed by atoms with E-state index in [2.05, 4.69) is 4.98 Å². The van der Waals surface area contributed by atoms with E-state index in [-0.39, 0.29) is 17.4 Å². The van der Waals surface area contributed by atoms with Crippen molar-refractivity contribution in [3.8, 4) is 0 Å². The fourth-order valence-corrected chi connectivity index (χ4v) is 2.38. The van der Waals surface area contributed by atoms with Gasteiger partial charge < -0.3 is 4.98 Å². The molecule has 0 amide bonds. The molecule has 2 aromatic rings. The number of hydrogen-bond donors (Lipinski definition) is 1. The van der Waals surface area contributed by atoms with Crippen LogP contribution in [-0.4, -0.2) is 16.5 Å². The van der Waals surface area contributed by atoms with Crippen LogP contribution in [0.2, 0.25) is 0 Å². The van der Waals surface area contributed by atoms with E-state index >= 15 is 0 Å². The Morgan fingerprint density at radius 2 is 2.33 bits per heavy atom. The third-order valence-corrected chi connectivity index (χ3v) is 3.20. The Kier molecular flexibility index (Phi) is 2.82. The third kappa shape index (κ3) is 2.24. The van der Waals surface area contributed by atoms with Crippen molar-refractivity contribution < 1.29 is 4.92 Å². The van der Waals surface area contributed by atoms with Gasteiger partial charge in [-0.15, -0.1) is 11.3 Å². The topological polar surface area (TPSA) is 58.9 Å². The normalized spacial score (nSPS) is 12.5. The zero-order valence-corrected chi connectivity index (χ0v) is 8.74. The van der Waals surface area contributed by atoms with Crippen LogP contribution in [0.25, 0.3) is 0 Å². The van der Waals surface area contributed by atoms with E-state index in [0.717, 1.165) is 10.6 Å². The van der Waals surface area contributed by atoms with Gasteiger partial charge in [-0.3, -0.25) is 10.1 Å². The van der Waals surface area contributed by atoms with Crippen molar-refractivity contribution in [1.29, 1.82) is 0 Å². The lowest BCUT2D eigenvalue weighted by molar-refractivity contribution is -0.481. The first-order valence-electron chi connectivity index (χ1n) is 4.56. The number of hydrogen-bond acceptors (Lipinski definition) is 3. The Hall–Kier alpha value is -1.62. The summed E-state index contributed by atoms with van der Waals surface area (Å²) in [5, 5.41) is 12.5. The predicted molar refractivity (Wildman–Crippen MR) is 58.8 cm³/mol. The molecule has 0 aliphatic heterocycles. The molecule has 5 heteroatoms. The minimum Gasteiger partial charge on any atom is -0.364 e. The van der Waals surface area contributed by atoms with Crippen LogP contribution in [0.15, 0.2) is 35.8 Å². The van der Waals surface area contributed by atoms with Crippen molar-refractivity contribution in [3.05, 3.63) is 56.5 Å². The summed E-state index contributed by atoms with van der Waals surface area (Å²) in [4.78, 5) is 14.4. The summed E-state index contributed by atoms with van der Waals surface area (Å²) >= 11 is 1.55. The maximum atomic E-state index is 10.6. The minimum absolute atomic E-state index is 0.0684. The smallest absolute Gasteiger partial charge is 0.216 e. The molecule has 0 aromatic carbocycles. The monoisotopic (exact) mass is 222 g/mol. The lowest BCUT2D eigenvalue weighted by Crippen LogP contribution is -2.13. The zero-order chi connectivity index (χ0) is 10.7. The Labute approximate surface area is 90.7 Å². The summed E-state index contributed by atoms with van der Waals surface area (Å²) in [5.74, 6) is -0.157. The van der Waals surface area contributed by atoms with E-state index in [9.17, 15) is 10.1 Å². The minimum atomic E-state index is -0.273. The van der Waals surface area contributed by atoms with Crippen LogP contribution in [0.5, 0.6) is 0 Å². The zero-order valence-electron chi connectivity index (χ0n) is 7.92. The van der Waals surface area contributed by atoms with Crippen molar-refractivity contribution in [2.45, 2.75) is 5.92 Å². The van der Waals surface area contributed by atoms with Gasteiger partial charge in [0, 0.05) is 21.7 Å². The number of H-pyrrole nitrogens is 1. The van der Waals surface area contributed by atoms with Gasteiger partial charge in [0.05, 0.1) is 5.92 Å². The van der Waals surface area contributed by atoms with E-state index < -0.39 is 0 Å². The van der Waals surface area contributed by atoms with Crippen molar-refractivity contribution in [2.75, 3.05) is 6.54 Å². The lowest BCUT2D eigenvalue weighted by atomic mass is 10.0. The van der Waals surface area contributed by atoms with Crippen LogP contribution in [0.1, 0.15) is 16.5 Å². The van der Waals surface area contributed by atoms with Crippen LogP contribution in [-0.2, 0) is 0 Å². The van der Waals surface area contributed by atoms with Crippen LogP contribution in [0.4, 0.5) is 0 Å². The first-order valence-corrected chi connectivity index (χ1v) is 5.44. The summed E-state index contributed by atoms with van der Waals surface area (Å²) < 4.78 is 0. The highest BCUT2D eigenvalue weighted by atomic mass is 32.1. The molecular formula is C10H10N2O2S. The molecule has 1 N–H and O–H groups in total. The van der Waals surface area contributed by atoms with Crippen LogP contribution in [0, 0.1) is 10.1 Å². The van der Waals surface area contributed by atoms with Gasteiger partial charge in [0.15, 0.2) is 0 Å². The molecule has 2 aromatic heterocycles. The third-order valence-electron chi connectivity index (χ3n) is 2.22. The van der Waals surface area contributed by atoms with Gasteiger partial charge in [0.2, 0.25) is 6.54 Å². The van der Waals surface area contributed by atoms with Gasteiger partial charge in [-0.2, -0.15) is 0 Å². The maximum absolute atomic E-state index is 10.6. The molecule has 1 atom stereocenters. The van der Waals surface area contributed by atoms with E-state index in [0.29, 0.717) is 0 Å². The number of nitrogens with zero attached hydrogens (tertiary/aromatic N) is 1. The molecule has 0 unspecified atom stereocenters. The Morgan fingerprint density at radius 1 is 1.47 bits per heavy atom. The maximum Gasteiger partial charge on any atom is 0.216 e. The summed E-state index contributed by atoms with van der Waals surface area (Å²) in [6.07, 6.45) is 1.79. The second-order valence-corrected chi connectivity index (χ2v) is 4.19. The number of aromatic nitrogens is 1. The van der Waals surface area contributed by atoms with Crippen molar-refractivity contribution in [3.63, 3.8) is 0 Å². The second-order valence-electron chi connectivity index (χ2n) is 3.21. The fourth-order valence-electron chi connectivity index (χ4n) is 1.54. The van der Waals surface area contributed by atoms with E-state index in [4.69, 9.17) is 0 Å². The quantitative estimate of drug-likeness (QED) is 0.638. The van der Waals surface area contributed by atoms with E-state index in [1.165, 1.54) is 0 Å². The molecule has 0 spiro atoms. The molecule has 78 valence electrons. The molecule has 0 aliphatic rings. The molecule has 0 bridgehead atoms. The molecule has 2 heterocycles. The molecule has 0 radical (unpaired) electrons. The summed E-state index contributed by atoms with van der Waals surface area (Å²) in [6.45, 7) is -0.0684. The first-order chi connectivity index (χ1) is 7.27. The fraction of sp³-hybridized carbons (Fsp3) is 0.200. The highest BCUT2D eigenvalue weighted by Gasteiger charge is 2.21. The number of nitro groups is 1. The standard InChI is InChI=1S/C10H10N2O2S/c13-12(14)7-8(9-3-1-5-11-9)10-4-2-6-15-10/h1-6,8,11H,7H2/t8-/m1/s1. The molecule has 0 saturated carbocycles. The largest absolute Gasteiger partial charge is 0.364 e. The van der Waals surface area contributed by atoms with Crippen LogP contribution >= 0.6 is 11.3 Å². The summed E-state index contributed by atoms with van der Waals surface area (Å²) in [5.41, 5.74) is 0.897. The van der Waals surface area contributed by atoms with Gasteiger partial charge in [-0.1, -0.05) is 6.07 Å². The van der Waals surface area contributed by atoms with Gasteiger partial charge >= 0.3 is 0 Å². The number of rotatable bonds is 4. The van der Waals surface area contributed by atoms with E-state index in [1.807, 2.05) is 29.6 Å². The molecule has 4 nitrogen and oxygen atoms in total. The Bertz CT molecular complexity index is 388. The average molecular weight is 222 g/mol. The average Bonchev–Trinajstić information content (AvgIpc) is 2.87. The van der Waals surface area contributed by atoms with Gasteiger partial charge in [0.1, 0.15) is 0 Å². The Morgan fingerprint density at radius 3 is 2.87 bits per heavy atom. The highest BCUT2D eigenvalue weighted by Crippen LogP contribution is 2.27. The molecule has 15 heavy (non-hydrogen) atoms. The first kappa shape index (κ1) is 9.92. The van der Waals surface area contributed by atoms with Gasteiger partial charge in [0.25, 0.3) is 0 Å². The number of thiophene rings is 1. The van der Waals surface area contributed by atoms with E-state index in [1.54, 1.807) is 17.5 Å². The number of nitrogens with one attached hydrogen (secondary N) is 1. The van der Waals surface area contributed by atoms with Gasteiger partial charge in [-0.05, 0) is 23.6 Å². The highest BCUT2D eigenvalue weighted by molar-refractivity contribution is 7.10. The molecule has 0 fully saturated rings. The SMILES string of the molecule is O=[N+]([O-])C[C@H](c1ccc[nH]1)c1cccs1. The molecule has 2 rings (SSSR count). The summed E-state index contributed by atoms with van der Waals surface area (Å²) in [6, 6.07) is 7.58. The molecule has 0 saturated heterocycles. The predicted octanol–water partition coefficient (Wildman–Crippen LogP) is 2.48.